The molecule has 124 valence electrons. The molecule has 0 amide bonds. The van der Waals surface area contributed by atoms with E-state index in [2.05, 4.69) is 44.5 Å². The fraction of sp³-hybridized carbons (Fsp3) is 0.722. The van der Waals surface area contributed by atoms with Gasteiger partial charge in [0.05, 0.1) is 0 Å². The van der Waals surface area contributed by atoms with Crippen molar-refractivity contribution in [3.63, 3.8) is 0 Å². The summed E-state index contributed by atoms with van der Waals surface area (Å²) in [5, 5.41) is 3.72. The second kappa shape index (κ2) is 6.45. The van der Waals surface area contributed by atoms with Gasteiger partial charge in [-0.2, -0.15) is 0 Å². The Morgan fingerprint density at radius 3 is 2.50 bits per heavy atom. The zero-order valence-electron chi connectivity index (χ0n) is 14.5. The lowest BCUT2D eigenvalue weighted by Crippen LogP contribution is -2.56. The number of carbonyl (C=O) groups is 1. The summed E-state index contributed by atoms with van der Waals surface area (Å²) in [6, 6.07) is 0. The lowest BCUT2D eigenvalue weighted by atomic mass is 9.78. The monoisotopic (exact) mass is 306 g/mol. The zero-order chi connectivity index (χ0) is 16.4. The molecule has 0 aromatic rings. The number of nitrogens with zero attached hydrogens (tertiary/aromatic N) is 1. The van der Waals surface area contributed by atoms with Crippen LogP contribution in [0.5, 0.6) is 0 Å². The Balaban J connectivity index is 2.20. The van der Waals surface area contributed by atoms with Crippen LogP contribution in [0.4, 0.5) is 0 Å². The van der Waals surface area contributed by atoms with E-state index in [4.69, 9.17) is 4.74 Å². The summed E-state index contributed by atoms with van der Waals surface area (Å²) < 4.78 is 5.27. The molecule has 0 aromatic carbocycles. The van der Waals surface area contributed by atoms with Crippen LogP contribution in [0.25, 0.3) is 0 Å². The normalized spacial score (nSPS) is 24.1. The minimum absolute atomic E-state index is 0.102. The quantitative estimate of drug-likeness (QED) is 0.641. The Bertz CT molecular complexity index is 459. The predicted molar refractivity (Wildman–Crippen MR) is 89.3 cm³/mol. The maximum atomic E-state index is 11.4. The van der Waals surface area contributed by atoms with E-state index in [1.165, 1.54) is 23.8 Å². The molecule has 2 fully saturated rings. The first-order valence-electron chi connectivity index (χ1n) is 8.27. The number of nitrogens with one attached hydrogen (secondary N) is 1. The third-order valence-electron chi connectivity index (χ3n) is 4.40. The molecule has 2 heterocycles. The van der Waals surface area contributed by atoms with Crippen molar-refractivity contribution in [2.45, 2.75) is 70.9 Å². The number of likely N-dealkylation sites (tertiary alicyclic amines) is 1. The van der Waals surface area contributed by atoms with Crippen LogP contribution in [0.1, 0.15) is 59.8 Å². The molecule has 22 heavy (non-hydrogen) atoms. The van der Waals surface area contributed by atoms with Gasteiger partial charge in [-0.3, -0.25) is 0 Å². The molecule has 0 saturated carbocycles. The summed E-state index contributed by atoms with van der Waals surface area (Å²) in [4.78, 5) is 13.6. The fourth-order valence-electron chi connectivity index (χ4n) is 3.97. The minimum Gasteiger partial charge on any atom is -0.441 e. The molecule has 2 aliphatic heterocycles. The van der Waals surface area contributed by atoms with E-state index in [0.29, 0.717) is 6.73 Å². The van der Waals surface area contributed by atoms with Crippen LogP contribution >= 0.6 is 0 Å². The topological polar surface area (TPSA) is 41.6 Å². The zero-order valence-corrected chi connectivity index (χ0v) is 14.5. The lowest BCUT2D eigenvalue weighted by molar-refractivity contribution is -0.141. The summed E-state index contributed by atoms with van der Waals surface area (Å²) in [6.07, 6.45) is 6.81. The summed E-state index contributed by atoms with van der Waals surface area (Å²) >= 11 is 0. The Labute approximate surface area is 134 Å². The molecule has 0 aliphatic carbocycles. The van der Waals surface area contributed by atoms with E-state index in [9.17, 15) is 4.79 Å². The van der Waals surface area contributed by atoms with E-state index in [0.717, 1.165) is 32.2 Å². The van der Waals surface area contributed by atoms with Gasteiger partial charge in [-0.25, -0.2) is 4.79 Å². The van der Waals surface area contributed by atoms with Gasteiger partial charge < -0.3 is 15.0 Å². The number of hydrogen-bond acceptors (Lipinski definition) is 4. The van der Waals surface area contributed by atoms with Gasteiger partial charge in [0.25, 0.3) is 0 Å². The standard InChI is InChI=1S/C18H30N2O2/c1-6-16(21)22-13-20-10-8-7-9-15(20)14-11-17(2,3)19-18(4,5)12-14/h6,19H,1,7-13H2,2-5H3. The van der Waals surface area contributed by atoms with Crippen molar-refractivity contribution in [2.75, 3.05) is 13.3 Å². The predicted octanol–water partition coefficient (Wildman–Crippen LogP) is 3.35. The molecule has 4 nitrogen and oxygen atoms in total. The van der Waals surface area contributed by atoms with Crippen LogP contribution in [0, 0.1) is 0 Å². The van der Waals surface area contributed by atoms with Gasteiger partial charge in [0.2, 0.25) is 0 Å². The molecule has 0 unspecified atom stereocenters. The number of ether oxygens (including phenoxy) is 1. The second-order valence-electron chi connectivity index (χ2n) is 7.81. The average molecular weight is 306 g/mol. The molecular weight excluding hydrogens is 276 g/mol. The van der Waals surface area contributed by atoms with Crippen LogP contribution in [0.3, 0.4) is 0 Å². The molecule has 4 heteroatoms. The van der Waals surface area contributed by atoms with Gasteiger partial charge in [-0.05, 0) is 65.4 Å². The summed E-state index contributed by atoms with van der Waals surface area (Å²) in [5.74, 6) is -0.346. The van der Waals surface area contributed by atoms with Crippen molar-refractivity contribution < 1.29 is 9.53 Å². The van der Waals surface area contributed by atoms with E-state index >= 15 is 0 Å². The van der Waals surface area contributed by atoms with Crippen LogP contribution in [-0.2, 0) is 9.53 Å². The molecular formula is C18H30N2O2. The summed E-state index contributed by atoms with van der Waals surface area (Å²) in [7, 11) is 0. The molecule has 0 bridgehead atoms. The summed E-state index contributed by atoms with van der Waals surface area (Å²) in [5.41, 5.74) is 3.12. The molecule has 0 spiro atoms. The molecule has 0 atom stereocenters. The number of carbonyl (C=O) groups excluding carboxylic acids is 1. The molecule has 2 saturated heterocycles. The van der Waals surface area contributed by atoms with Crippen molar-refractivity contribution in [3.05, 3.63) is 23.9 Å². The third kappa shape index (κ3) is 4.35. The Kier molecular flexibility index (Phi) is 5.00. The van der Waals surface area contributed by atoms with Gasteiger partial charge in [0, 0.05) is 29.4 Å². The van der Waals surface area contributed by atoms with Gasteiger partial charge in [0.1, 0.15) is 0 Å². The van der Waals surface area contributed by atoms with E-state index in [-0.39, 0.29) is 17.0 Å². The minimum atomic E-state index is -0.346. The van der Waals surface area contributed by atoms with Crippen molar-refractivity contribution in [2.24, 2.45) is 0 Å². The fourth-order valence-corrected chi connectivity index (χ4v) is 3.97. The SMILES string of the molecule is C=CC(=O)OCN1CCCCC1=C1CC(C)(C)NC(C)(C)C1. The van der Waals surface area contributed by atoms with Crippen molar-refractivity contribution in [3.8, 4) is 0 Å². The first-order valence-corrected chi connectivity index (χ1v) is 8.27. The highest BCUT2D eigenvalue weighted by atomic mass is 16.5. The molecule has 0 aromatic heterocycles. The highest BCUT2D eigenvalue weighted by molar-refractivity contribution is 5.81. The number of hydrogen-bond donors (Lipinski definition) is 1. The smallest absolute Gasteiger partial charge is 0.331 e. The molecule has 2 aliphatic rings. The largest absolute Gasteiger partial charge is 0.441 e. The molecule has 2 rings (SSSR count). The number of piperidine rings is 2. The molecule has 1 N–H and O–H groups in total. The van der Waals surface area contributed by atoms with Crippen LogP contribution in [0.2, 0.25) is 0 Å². The van der Waals surface area contributed by atoms with Gasteiger partial charge in [-0.15, -0.1) is 0 Å². The highest BCUT2D eigenvalue weighted by Gasteiger charge is 2.36. The van der Waals surface area contributed by atoms with Crippen molar-refractivity contribution in [1.82, 2.24) is 10.2 Å². The van der Waals surface area contributed by atoms with Crippen molar-refractivity contribution >= 4 is 5.97 Å². The number of rotatable bonds is 3. The Morgan fingerprint density at radius 1 is 1.27 bits per heavy atom. The first-order chi connectivity index (χ1) is 10.2. The molecule has 0 radical (unpaired) electrons. The van der Waals surface area contributed by atoms with E-state index in [1.54, 1.807) is 0 Å². The lowest BCUT2D eigenvalue weighted by Gasteiger charge is -2.46. The van der Waals surface area contributed by atoms with Gasteiger partial charge >= 0.3 is 5.97 Å². The highest BCUT2D eigenvalue weighted by Crippen LogP contribution is 2.37. The van der Waals surface area contributed by atoms with Crippen molar-refractivity contribution in [1.29, 1.82) is 0 Å². The van der Waals surface area contributed by atoms with Crippen LogP contribution < -0.4 is 5.32 Å². The summed E-state index contributed by atoms with van der Waals surface area (Å²) in [6.45, 7) is 13.8. The van der Waals surface area contributed by atoms with Crippen LogP contribution in [0.15, 0.2) is 23.9 Å². The van der Waals surface area contributed by atoms with Gasteiger partial charge in [0.15, 0.2) is 6.73 Å². The third-order valence-corrected chi connectivity index (χ3v) is 4.40. The average Bonchev–Trinajstić information content (AvgIpc) is 2.41. The number of allylic oxidation sites excluding steroid dienone is 1. The van der Waals surface area contributed by atoms with Crippen LogP contribution in [-0.4, -0.2) is 35.2 Å². The maximum absolute atomic E-state index is 11.4. The second-order valence-corrected chi connectivity index (χ2v) is 7.81. The maximum Gasteiger partial charge on any atom is 0.331 e. The first kappa shape index (κ1) is 17.1. The van der Waals surface area contributed by atoms with E-state index in [1.807, 2.05) is 0 Å². The van der Waals surface area contributed by atoms with Gasteiger partial charge in [-0.1, -0.05) is 6.58 Å². The Hall–Kier alpha value is -1.29. The Morgan fingerprint density at radius 2 is 1.91 bits per heavy atom. The number of esters is 1. The van der Waals surface area contributed by atoms with E-state index < -0.39 is 0 Å².